The molecule has 0 heterocycles. The maximum Gasteiger partial charge on any atom is 0.108 e. The van der Waals surface area contributed by atoms with Gasteiger partial charge in [0.25, 0.3) is 0 Å². The normalized spacial score (nSPS) is 30.4. The Labute approximate surface area is 123 Å². The first-order valence-corrected chi connectivity index (χ1v) is 8.23. The Balaban J connectivity index is 1.91. The third-order valence-electron chi connectivity index (χ3n) is 4.65. The van der Waals surface area contributed by atoms with E-state index in [4.69, 9.17) is 4.74 Å². The summed E-state index contributed by atoms with van der Waals surface area (Å²) in [5.74, 6) is 0. The first kappa shape index (κ1) is 15.8. The molecule has 4 nitrogen and oxygen atoms in total. The van der Waals surface area contributed by atoms with Gasteiger partial charge in [-0.15, -0.1) is 0 Å². The Hall–Kier alpha value is -0.630. The fourth-order valence-corrected chi connectivity index (χ4v) is 3.37. The Bertz CT molecular complexity index is 337. The van der Waals surface area contributed by atoms with Crippen LogP contribution in [-0.4, -0.2) is 48.8 Å². The summed E-state index contributed by atoms with van der Waals surface area (Å²) in [4.78, 5) is 2.50. The molecule has 2 unspecified atom stereocenters. The minimum atomic E-state index is -0.275. The summed E-state index contributed by atoms with van der Waals surface area (Å²) in [6, 6.07) is 3.73. The van der Waals surface area contributed by atoms with Crippen molar-refractivity contribution in [2.45, 2.75) is 70.0 Å². The van der Waals surface area contributed by atoms with Crippen molar-refractivity contribution < 1.29 is 4.74 Å². The van der Waals surface area contributed by atoms with Gasteiger partial charge in [-0.2, -0.15) is 5.26 Å². The van der Waals surface area contributed by atoms with Gasteiger partial charge in [0.1, 0.15) is 5.54 Å². The quantitative estimate of drug-likeness (QED) is 0.693. The molecule has 0 aromatic carbocycles. The van der Waals surface area contributed by atoms with E-state index in [2.05, 4.69) is 23.2 Å². The number of nitrogens with zero attached hydrogens (tertiary/aromatic N) is 2. The standard InChI is InChI=1S/C16H29N3O/c1-3-19(10-11-20-4-2)15-6-5-9-16(12-15,13-17)18-14-7-8-14/h14-15,18H,3-12H2,1-2H3. The molecule has 4 heteroatoms. The van der Waals surface area contributed by atoms with Crippen LogP contribution in [0, 0.1) is 11.3 Å². The summed E-state index contributed by atoms with van der Waals surface area (Å²) in [5.41, 5.74) is -0.275. The second-order valence-electron chi connectivity index (χ2n) is 6.19. The molecule has 2 atom stereocenters. The van der Waals surface area contributed by atoms with Crippen molar-refractivity contribution in [1.82, 2.24) is 10.2 Å². The molecule has 0 aromatic rings. The second-order valence-corrected chi connectivity index (χ2v) is 6.19. The Morgan fingerprint density at radius 2 is 2.15 bits per heavy atom. The Morgan fingerprint density at radius 1 is 1.35 bits per heavy atom. The van der Waals surface area contributed by atoms with Gasteiger partial charge in [-0.05, 0) is 52.0 Å². The highest BCUT2D eigenvalue weighted by molar-refractivity contribution is 5.13. The molecule has 0 amide bonds. The van der Waals surface area contributed by atoms with Crippen LogP contribution in [0.1, 0.15) is 52.4 Å². The summed E-state index contributed by atoms with van der Waals surface area (Å²) >= 11 is 0. The molecule has 2 rings (SSSR count). The number of nitriles is 1. The average molecular weight is 279 g/mol. The SMILES string of the molecule is CCOCCN(CC)C1CCCC(C#N)(NC2CC2)C1. The highest BCUT2D eigenvalue weighted by atomic mass is 16.5. The van der Waals surface area contributed by atoms with Gasteiger partial charge >= 0.3 is 0 Å². The lowest BCUT2D eigenvalue weighted by atomic mass is 9.79. The van der Waals surface area contributed by atoms with Crippen LogP contribution in [0.4, 0.5) is 0 Å². The van der Waals surface area contributed by atoms with Crippen molar-refractivity contribution in [3.05, 3.63) is 0 Å². The van der Waals surface area contributed by atoms with Crippen molar-refractivity contribution in [1.29, 1.82) is 5.26 Å². The van der Waals surface area contributed by atoms with Gasteiger partial charge in [0.2, 0.25) is 0 Å². The molecule has 2 fully saturated rings. The summed E-state index contributed by atoms with van der Waals surface area (Å²) in [6.07, 6.45) is 6.85. The molecule has 0 spiro atoms. The smallest absolute Gasteiger partial charge is 0.108 e. The first-order valence-electron chi connectivity index (χ1n) is 8.23. The topological polar surface area (TPSA) is 48.3 Å². The van der Waals surface area contributed by atoms with Crippen molar-refractivity contribution in [2.75, 3.05) is 26.3 Å². The fraction of sp³-hybridized carbons (Fsp3) is 0.938. The van der Waals surface area contributed by atoms with E-state index in [1.807, 2.05) is 6.92 Å². The molecule has 2 saturated carbocycles. The highest BCUT2D eigenvalue weighted by Crippen LogP contribution is 2.34. The predicted molar refractivity (Wildman–Crippen MR) is 80.5 cm³/mol. The van der Waals surface area contributed by atoms with Crippen LogP contribution in [0.25, 0.3) is 0 Å². The zero-order chi connectivity index (χ0) is 14.4. The lowest BCUT2D eigenvalue weighted by molar-refractivity contribution is 0.0725. The van der Waals surface area contributed by atoms with E-state index in [1.54, 1.807) is 0 Å². The highest BCUT2D eigenvalue weighted by Gasteiger charge is 2.41. The minimum Gasteiger partial charge on any atom is -0.380 e. The number of nitrogens with one attached hydrogen (secondary N) is 1. The van der Waals surface area contributed by atoms with Gasteiger partial charge in [0.05, 0.1) is 12.7 Å². The zero-order valence-electron chi connectivity index (χ0n) is 13.0. The van der Waals surface area contributed by atoms with Crippen molar-refractivity contribution in [3.8, 4) is 6.07 Å². The lowest BCUT2D eigenvalue weighted by Crippen LogP contribution is -2.53. The Morgan fingerprint density at radius 3 is 2.75 bits per heavy atom. The van der Waals surface area contributed by atoms with Crippen LogP contribution in [-0.2, 0) is 4.74 Å². The van der Waals surface area contributed by atoms with E-state index in [0.717, 1.165) is 45.6 Å². The predicted octanol–water partition coefficient (Wildman–Crippen LogP) is 2.30. The van der Waals surface area contributed by atoms with Gasteiger partial charge in [0.15, 0.2) is 0 Å². The summed E-state index contributed by atoms with van der Waals surface area (Å²) < 4.78 is 5.49. The van der Waals surface area contributed by atoms with Crippen LogP contribution in [0.3, 0.4) is 0 Å². The monoisotopic (exact) mass is 279 g/mol. The molecule has 0 radical (unpaired) electrons. The van der Waals surface area contributed by atoms with E-state index >= 15 is 0 Å². The van der Waals surface area contributed by atoms with E-state index in [-0.39, 0.29) is 5.54 Å². The zero-order valence-corrected chi connectivity index (χ0v) is 13.0. The lowest BCUT2D eigenvalue weighted by Gasteiger charge is -2.41. The molecular formula is C16H29N3O. The maximum atomic E-state index is 9.65. The summed E-state index contributed by atoms with van der Waals surface area (Å²) in [7, 11) is 0. The van der Waals surface area contributed by atoms with Crippen molar-refractivity contribution >= 4 is 0 Å². The maximum absolute atomic E-state index is 9.65. The number of rotatable bonds is 8. The fourth-order valence-electron chi connectivity index (χ4n) is 3.37. The molecule has 2 aliphatic rings. The number of hydrogen-bond acceptors (Lipinski definition) is 4. The van der Waals surface area contributed by atoms with E-state index < -0.39 is 0 Å². The molecule has 2 aliphatic carbocycles. The van der Waals surface area contributed by atoms with Crippen LogP contribution >= 0.6 is 0 Å². The van der Waals surface area contributed by atoms with Gasteiger partial charge in [-0.3, -0.25) is 10.2 Å². The second kappa shape index (κ2) is 7.40. The largest absolute Gasteiger partial charge is 0.380 e. The van der Waals surface area contributed by atoms with Crippen LogP contribution in [0.15, 0.2) is 0 Å². The first-order chi connectivity index (χ1) is 9.73. The van der Waals surface area contributed by atoms with Crippen LogP contribution < -0.4 is 5.32 Å². The Kier molecular flexibility index (Phi) is 5.83. The van der Waals surface area contributed by atoms with Gasteiger partial charge in [-0.1, -0.05) is 6.92 Å². The minimum absolute atomic E-state index is 0.275. The van der Waals surface area contributed by atoms with Gasteiger partial charge in [0, 0.05) is 25.2 Å². The molecule has 114 valence electrons. The van der Waals surface area contributed by atoms with Crippen molar-refractivity contribution in [3.63, 3.8) is 0 Å². The summed E-state index contributed by atoms with van der Waals surface area (Å²) in [6.45, 7) is 7.87. The molecule has 0 aliphatic heterocycles. The molecule has 0 aromatic heterocycles. The molecule has 20 heavy (non-hydrogen) atoms. The molecule has 0 bridgehead atoms. The third-order valence-corrected chi connectivity index (χ3v) is 4.65. The van der Waals surface area contributed by atoms with E-state index in [9.17, 15) is 5.26 Å². The molecule has 0 saturated heterocycles. The average Bonchev–Trinajstić information content (AvgIpc) is 3.28. The molecular weight excluding hydrogens is 250 g/mol. The number of likely N-dealkylation sites (N-methyl/N-ethyl adjacent to an activating group) is 1. The van der Waals surface area contributed by atoms with E-state index in [0.29, 0.717) is 12.1 Å². The van der Waals surface area contributed by atoms with Crippen LogP contribution in [0.2, 0.25) is 0 Å². The van der Waals surface area contributed by atoms with Gasteiger partial charge in [-0.25, -0.2) is 0 Å². The number of hydrogen-bond donors (Lipinski definition) is 1. The van der Waals surface area contributed by atoms with Gasteiger partial charge < -0.3 is 4.74 Å². The third kappa shape index (κ3) is 4.18. The van der Waals surface area contributed by atoms with Crippen LogP contribution in [0.5, 0.6) is 0 Å². The van der Waals surface area contributed by atoms with Crippen molar-refractivity contribution in [2.24, 2.45) is 0 Å². The van der Waals surface area contributed by atoms with E-state index in [1.165, 1.54) is 19.3 Å². The number of ether oxygens (including phenoxy) is 1. The summed E-state index contributed by atoms with van der Waals surface area (Å²) in [5, 5.41) is 13.3. The molecule has 1 N–H and O–H groups in total.